The second kappa shape index (κ2) is 5.87. The van der Waals surface area contributed by atoms with Gasteiger partial charge in [-0.25, -0.2) is 4.98 Å². The average Bonchev–Trinajstić information content (AvgIpc) is 2.81. The van der Waals surface area contributed by atoms with E-state index < -0.39 is 0 Å². The smallest absolute Gasteiger partial charge is 0.253 e. The zero-order valence-electron chi connectivity index (χ0n) is 11.0. The van der Waals surface area contributed by atoms with Crippen molar-refractivity contribution in [2.24, 2.45) is 5.92 Å². The number of ether oxygens (including phenoxy) is 1. The minimum atomic E-state index is -0.00995. The molecule has 2 heterocycles. The third-order valence-electron chi connectivity index (χ3n) is 3.46. The number of carbonyl (C=O) groups excluding carboxylic acids is 1. The van der Waals surface area contributed by atoms with Crippen LogP contribution in [0.3, 0.4) is 0 Å². The van der Waals surface area contributed by atoms with E-state index in [4.69, 9.17) is 4.74 Å². The molecule has 1 aromatic carbocycles. The van der Waals surface area contributed by atoms with Crippen LogP contribution in [0.1, 0.15) is 10.4 Å². The topological polar surface area (TPSA) is 62.7 Å². The Kier molecular flexibility index (Phi) is 3.95. The van der Waals surface area contributed by atoms with Gasteiger partial charge < -0.3 is 14.7 Å². The van der Waals surface area contributed by atoms with Gasteiger partial charge in [0.1, 0.15) is 0 Å². The molecular formula is C14H16N2O3S. The minimum Gasteiger partial charge on any atom is -0.396 e. The molecule has 1 atom stereocenters. The first-order chi connectivity index (χ1) is 9.78. The summed E-state index contributed by atoms with van der Waals surface area (Å²) in [5.74, 6) is -0.0159. The molecule has 0 aliphatic carbocycles. The molecule has 1 aliphatic heterocycles. The van der Waals surface area contributed by atoms with Gasteiger partial charge in [0.25, 0.3) is 5.91 Å². The molecule has 0 spiro atoms. The van der Waals surface area contributed by atoms with E-state index in [2.05, 4.69) is 4.98 Å². The fraction of sp³-hybridized carbons (Fsp3) is 0.429. The van der Waals surface area contributed by atoms with E-state index in [0.29, 0.717) is 31.9 Å². The van der Waals surface area contributed by atoms with Crippen LogP contribution < -0.4 is 0 Å². The highest BCUT2D eigenvalue weighted by Crippen LogP contribution is 2.20. The Bertz CT molecular complexity index is 613. The highest BCUT2D eigenvalue weighted by molar-refractivity contribution is 7.16. The Morgan fingerprint density at radius 2 is 2.45 bits per heavy atom. The largest absolute Gasteiger partial charge is 0.396 e. The standard InChI is InChI=1S/C14H16N2O3S/c17-7-10-6-16(3-4-19-8-10)14(18)11-1-2-12-13(5-11)20-9-15-12/h1-2,5,9-10,17H,3-4,6-8H2. The molecule has 2 aromatic rings. The lowest BCUT2D eigenvalue weighted by Gasteiger charge is -2.22. The molecule has 1 unspecified atom stereocenters. The number of carbonyl (C=O) groups is 1. The molecule has 0 bridgehead atoms. The summed E-state index contributed by atoms with van der Waals surface area (Å²) in [6.07, 6.45) is 0. The normalized spacial score (nSPS) is 20.1. The third kappa shape index (κ3) is 2.67. The lowest BCUT2D eigenvalue weighted by atomic mass is 10.1. The SMILES string of the molecule is O=C(c1ccc2ncsc2c1)N1CCOCC(CO)C1. The van der Waals surface area contributed by atoms with E-state index in [1.165, 1.54) is 11.3 Å². The van der Waals surface area contributed by atoms with Gasteiger partial charge in [0.2, 0.25) is 0 Å². The van der Waals surface area contributed by atoms with Gasteiger partial charge in [0.15, 0.2) is 0 Å². The fourth-order valence-corrected chi connectivity index (χ4v) is 3.06. The highest BCUT2D eigenvalue weighted by atomic mass is 32.1. The summed E-state index contributed by atoms with van der Waals surface area (Å²) >= 11 is 1.53. The zero-order chi connectivity index (χ0) is 13.9. The van der Waals surface area contributed by atoms with Crippen LogP contribution in [0, 0.1) is 5.92 Å². The number of aliphatic hydroxyl groups is 1. The number of amides is 1. The number of hydrogen-bond donors (Lipinski definition) is 1. The molecule has 0 saturated carbocycles. The van der Waals surface area contributed by atoms with Gasteiger partial charge in [0.05, 0.1) is 28.9 Å². The van der Waals surface area contributed by atoms with Crippen molar-refractivity contribution >= 4 is 27.5 Å². The van der Waals surface area contributed by atoms with Crippen LogP contribution in [-0.2, 0) is 4.74 Å². The predicted octanol–water partition coefficient (Wildman–Crippen LogP) is 1.38. The van der Waals surface area contributed by atoms with Crippen LogP contribution in [0.25, 0.3) is 10.2 Å². The molecule has 6 heteroatoms. The fourth-order valence-electron chi connectivity index (χ4n) is 2.35. The van der Waals surface area contributed by atoms with Gasteiger partial charge in [-0.1, -0.05) is 0 Å². The van der Waals surface area contributed by atoms with Crippen LogP contribution in [0.2, 0.25) is 0 Å². The lowest BCUT2D eigenvalue weighted by Crippen LogP contribution is -2.36. The van der Waals surface area contributed by atoms with E-state index in [0.717, 1.165) is 10.2 Å². The lowest BCUT2D eigenvalue weighted by molar-refractivity contribution is 0.0728. The van der Waals surface area contributed by atoms with Gasteiger partial charge in [-0.2, -0.15) is 0 Å². The van der Waals surface area contributed by atoms with Crippen molar-refractivity contribution in [3.8, 4) is 0 Å². The molecule has 106 valence electrons. The Morgan fingerprint density at radius 1 is 1.55 bits per heavy atom. The monoisotopic (exact) mass is 292 g/mol. The summed E-state index contributed by atoms with van der Waals surface area (Å²) in [5, 5.41) is 9.28. The second-order valence-electron chi connectivity index (χ2n) is 4.91. The molecule has 1 aromatic heterocycles. The molecule has 3 rings (SSSR count). The van der Waals surface area contributed by atoms with Crippen molar-refractivity contribution in [1.82, 2.24) is 9.88 Å². The maximum Gasteiger partial charge on any atom is 0.253 e. The summed E-state index contributed by atoms with van der Waals surface area (Å²) in [6, 6.07) is 5.57. The zero-order valence-corrected chi connectivity index (χ0v) is 11.8. The Morgan fingerprint density at radius 3 is 3.30 bits per heavy atom. The van der Waals surface area contributed by atoms with Crippen molar-refractivity contribution in [2.75, 3.05) is 32.9 Å². The summed E-state index contributed by atoms with van der Waals surface area (Å²) in [4.78, 5) is 18.5. The van der Waals surface area contributed by atoms with E-state index in [-0.39, 0.29) is 18.4 Å². The van der Waals surface area contributed by atoms with E-state index >= 15 is 0 Å². The molecule has 1 aliphatic rings. The van der Waals surface area contributed by atoms with Gasteiger partial charge in [-0.15, -0.1) is 11.3 Å². The summed E-state index contributed by atoms with van der Waals surface area (Å²) in [7, 11) is 0. The summed E-state index contributed by atoms with van der Waals surface area (Å²) in [6.45, 7) is 2.17. The Labute approximate surface area is 120 Å². The molecule has 20 heavy (non-hydrogen) atoms. The number of nitrogens with zero attached hydrogens (tertiary/aromatic N) is 2. The van der Waals surface area contributed by atoms with Crippen LogP contribution in [0.4, 0.5) is 0 Å². The van der Waals surface area contributed by atoms with E-state index in [1.807, 2.05) is 18.2 Å². The molecule has 5 nitrogen and oxygen atoms in total. The van der Waals surface area contributed by atoms with Gasteiger partial charge in [-0.3, -0.25) is 4.79 Å². The number of fused-ring (bicyclic) bond motifs is 1. The highest BCUT2D eigenvalue weighted by Gasteiger charge is 2.23. The number of aliphatic hydroxyl groups excluding tert-OH is 1. The van der Waals surface area contributed by atoms with Crippen molar-refractivity contribution in [2.45, 2.75) is 0 Å². The summed E-state index contributed by atoms with van der Waals surface area (Å²) in [5.41, 5.74) is 3.36. The number of aromatic nitrogens is 1. The molecule has 1 N–H and O–H groups in total. The Hall–Kier alpha value is -1.50. The molecule has 1 saturated heterocycles. The van der Waals surface area contributed by atoms with Crippen molar-refractivity contribution < 1.29 is 14.6 Å². The Balaban J connectivity index is 1.82. The van der Waals surface area contributed by atoms with Crippen LogP contribution >= 0.6 is 11.3 Å². The van der Waals surface area contributed by atoms with Gasteiger partial charge >= 0.3 is 0 Å². The van der Waals surface area contributed by atoms with E-state index in [9.17, 15) is 9.90 Å². The van der Waals surface area contributed by atoms with Crippen molar-refractivity contribution in [1.29, 1.82) is 0 Å². The molecule has 1 fully saturated rings. The number of benzene rings is 1. The van der Waals surface area contributed by atoms with Crippen LogP contribution in [0.15, 0.2) is 23.7 Å². The van der Waals surface area contributed by atoms with E-state index in [1.54, 1.807) is 10.4 Å². The summed E-state index contributed by atoms with van der Waals surface area (Å²) < 4.78 is 6.42. The van der Waals surface area contributed by atoms with Gasteiger partial charge in [0, 0.05) is 31.2 Å². The van der Waals surface area contributed by atoms with Crippen molar-refractivity contribution in [3.63, 3.8) is 0 Å². The van der Waals surface area contributed by atoms with Gasteiger partial charge in [-0.05, 0) is 18.2 Å². The third-order valence-corrected chi connectivity index (χ3v) is 4.25. The van der Waals surface area contributed by atoms with Crippen LogP contribution in [-0.4, -0.2) is 53.8 Å². The molecule has 1 amide bonds. The maximum atomic E-state index is 12.6. The number of hydrogen-bond acceptors (Lipinski definition) is 5. The first-order valence-corrected chi connectivity index (χ1v) is 7.47. The quantitative estimate of drug-likeness (QED) is 0.908. The number of rotatable bonds is 2. The van der Waals surface area contributed by atoms with Crippen molar-refractivity contribution in [3.05, 3.63) is 29.3 Å². The molecular weight excluding hydrogens is 276 g/mol. The molecule has 0 radical (unpaired) electrons. The van der Waals surface area contributed by atoms with Crippen LogP contribution in [0.5, 0.6) is 0 Å². The first kappa shape index (κ1) is 13.5. The average molecular weight is 292 g/mol. The second-order valence-corrected chi connectivity index (χ2v) is 5.80. The predicted molar refractivity (Wildman–Crippen MR) is 76.9 cm³/mol. The number of thiazole rings is 1. The minimum absolute atomic E-state index is 0.00594. The maximum absolute atomic E-state index is 12.6. The first-order valence-electron chi connectivity index (χ1n) is 6.59.